The first kappa shape index (κ1) is 18.4. The Morgan fingerprint density at radius 3 is 1.68 bits per heavy atom. The van der Waals surface area contributed by atoms with Crippen LogP contribution >= 0.6 is 8.38 Å². The van der Waals surface area contributed by atoms with Crippen molar-refractivity contribution in [3.8, 4) is 0 Å². The fourth-order valence-corrected chi connectivity index (χ4v) is 1.88. The highest BCUT2D eigenvalue weighted by Crippen LogP contribution is 2.61. The van der Waals surface area contributed by atoms with Crippen molar-refractivity contribution in [3.05, 3.63) is 12.1 Å². The molecule has 0 aliphatic heterocycles. The predicted molar refractivity (Wildman–Crippen MR) is 51.5 cm³/mol. The predicted octanol–water partition coefficient (Wildman–Crippen LogP) is 4.61. The molecule has 0 unspecified atom stereocenters. The van der Waals surface area contributed by atoms with E-state index in [-0.39, 0.29) is 0 Å². The van der Waals surface area contributed by atoms with Gasteiger partial charge in [0.2, 0.25) is 0 Å². The summed E-state index contributed by atoms with van der Waals surface area (Å²) in [5.41, 5.74) is -5.11. The van der Waals surface area contributed by atoms with E-state index in [4.69, 9.17) is 0 Å². The van der Waals surface area contributed by atoms with Gasteiger partial charge in [-0.2, -0.15) is 30.7 Å². The fourth-order valence-electron chi connectivity index (χ4n) is 0.753. The highest BCUT2D eigenvalue weighted by atomic mass is 31.2. The Bertz CT molecular complexity index is 313. The van der Waals surface area contributed by atoms with Gasteiger partial charge in [-0.25, -0.2) is 0 Å². The molecule has 0 fully saturated rings. The average Bonchev–Trinajstić information content (AvgIpc) is 2.27. The minimum atomic E-state index is -5.55. The summed E-state index contributed by atoms with van der Waals surface area (Å²) in [7, 11) is -3.48. The number of halogens is 7. The molecule has 0 amide bonds. The summed E-state index contributed by atoms with van der Waals surface area (Å²) in [6, 6.07) is -3.09. The smallest absolute Gasteiger partial charge is 0.397 e. The average molecular weight is 318 g/mol. The molecule has 0 aromatic rings. The van der Waals surface area contributed by atoms with Crippen molar-refractivity contribution in [2.24, 2.45) is 0 Å². The third kappa shape index (κ3) is 4.77. The minimum absolute atomic E-state index is 0.396. The Hall–Kier alpha value is -0.600. The Morgan fingerprint density at radius 2 is 1.37 bits per heavy atom. The fraction of sp³-hybridized carbons (Fsp3) is 0.750. The van der Waals surface area contributed by atoms with E-state index in [2.05, 4.69) is 13.8 Å². The largest absolute Gasteiger partial charge is 0.475 e. The first-order chi connectivity index (χ1) is 8.60. The van der Waals surface area contributed by atoms with Crippen LogP contribution in [-0.2, 0) is 13.8 Å². The molecule has 19 heavy (non-hydrogen) atoms. The van der Waals surface area contributed by atoms with E-state index in [1.54, 1.807) is 0 Å². The summed E-state index contributed by atoms with van der Waals surface area (Å²) in [5.74, 6) is 0. The zero-order valence-electron chi connectivity index (χ0n) is 9.73. The van der Waals surface area contributed by atoms with Gasteiger partial charge in [0, 0.05) is 0 Å². The van der Waals surface area contributed by atoms with E-state index in [9.17, 15) is 30.7 Å². The van der Waals surface area contributed by atoms with Crippen LogP contribution in [-0.4, -0.2) is 25.0 Å². The van der Waals surface area contributed by atoms with Gasteiger partial charge in [0.25, 0.3) is 8.38 Å². The molecule has 11 heteroatoms. The molecule has 0 saturated carbocycles. The molecular formula is C8H10F7O3P. The highest BCUT2D eigenvalue weighted by molar-refractivity contribution is 7.48. The molecule has 114 valence electrons. The lowest BCUT2D eigenvalue weighted by molar-refractivity contribution is -0.312. The van der Waals surface area contributed by atoms with Gasteiger partial charge < -0.3 is 13.8 Å². The van der Waals surface area contributed by atoms with E-state index >= 15 is 0 Å². The van der Waals surface area contributed by atoms with Crippen molar-refractivity contribution in [2.45, 2.75) is 25.6 Å². The van der Waals surface area contributed by atoms with Crippen molar-refractivity contribution < 1.29 is 44.5 Å². The summed E-state index contributed by atoms with van der Waals surface area (Å²) >= 11 is 0. The molecule has 0 atom stereocenters. The lowest BCUT2D eigenvalue weighted by Crippen LogP contribution is -2.41. The van der Waals surface area contributed by atoms with Crippen LogP contribution in [0, 0.1) is 0 Å². The van der Waals surface area contributed by atoms with Crippen LogP contribution in [0.2, 0.25) is 0 Å². The zero-order chi connectivity index (χ0) is 15.3. The molecule has 0 aromatic heterocycles. The van der Waals surface area contributed by atoms with E-state index in [0.717, 1.165) is 0 Å². The Balaban J connectivity index is 5.16. The molecule has 0 aromatic carbocycles. The van der Waals surface area contributed by atoms with Crippen molar-refractivity contribution >= 4 is 8.38 Å². The number of alkyl halides is 4. The summed E-state index contributed by atoms with van der Waals surface area (Å²) in [4.78, 5) is 0. The van der Waals surface area contributed by atoms with E-state index in [1.165, 1.54) is 13.8 Å². The Labute approximate surface area is 105 Å². The van der Waals surface area contributed by atoms with Crippen LogP contribution in [0.15, 0.2) is 12.1 Å². The van der Waals surface area contributed by atoms with Crippen molar-refractivity contribution in [3.63, 3.8) is 0 Å². The molecule has 3 nitrogen and oxygen atoms in total. The minimum Gasteiger partial charge on any atom is -0.397 e. The van der Waals surface area contributed by atoms with Gasteiger partial charge in [0.15, 0.2) is 0 Å². The lowest BCUT2D eigenvalue weighted by Gasteiger charge is -2.29. The van der Waals surface area contributed by atoms with Gasteiger partial charge in [-0.15, -0.1) is 0 Å². The topological polar surface area (TPSA) is 27.7 Å². The van der Waals surface area contributed by atoms with E-state index in [0.29, 0.717) is 0 Å². The summed E-state index contributed by atoms with van der Waals surface area (Å²) in [6.07, 6.45) is -8.83. The third-order valence-electron chi connectivity index (χ3n) is 1.44. The van der Waals surface area contributed by atoms with E-state index in [1.807, 2.05) is 0 Å². The first-order valence-electron chi connectivity index (χ1n) is 4.81. The van der Waals surface area contributed by atoms with Crippen molar-refractivity contribution in [1.82, 2.24) is 0 Å². The molecule has 0 saturated heterocycles. The number of ether oxygens (including phenoxy) is 1. The van der Waals surface area contributed by atoms with Crippen LogP contribution < -0.4 is 0 Å². The summed E-state index contributed by atoms with van der Waals surface area (Å²) < 4.78 is 99.3. The van der Waals surface area contributed by atoms with Gasteiger partial charge >= 0.3 is 23.9 Å². The van der Waals surface area contributed by atoms with Crippen molar-refractivity contribution in [2.75, 3.05) is 13.2 Å². The molecule has 0 rings (SSSR count). The SMILES string of the molecule is CCOP(OCC)C(F)(F)C(F)(F)OC(F)=C(F)F. The van der Waals surface area contributed by atoms with Crippen molar-refractivity contribution in [1.29, 1.82) is 0 Å². The third-order valence-corrected chi connectivity index (χ3v) is 3.14. The second-order valence-corrected chi connectivity index (χ2v) is 4.38. The van der Waals surface area contributed by atoms with Gasteiger partial charge in [-0.1, -0.05) is 0 Å². The standard InChI is InChI=1S/C8H10F7O3P/c1-3-16-19(17-4-2)8(14,15)7(12,13)18-6(11)5(9)10/h3-4H2,1-2H3. The van der Waals surface area contributed by atoms with Crippen LogP contribution in [0.5, 0.6) is 0 Å². The number of hydrogen-bond donors (Lipinski definition) is 0. The second-order valence-electron chi connectivity index (χ2n) is 2.79. The molecule has 0 aliphatic carbocycles. The van der Waals surface area contributed by atoms with Crippen LogP contribution in [0.3, 0.4) is 0 Å². The maximum absolute atomic E-state index is 13.3. The molecule has 0 bridgehead atoms. The number of rotatable bonds is 8. The van der Waals surface area contributed by atoms with Crippen LogP contribution in [0.1, 0.15) is 13.8 Å². The maximum atomic E-state index is 13.3. The molecule has 0 heterocycles. The zero-order valence-corrected chi connectivity index (χ0v) is 10.6. The molecule has 0 N–H and O–H groups in total. The van der Waals surface area contributed by atoms with Gasteiger partial charge in [-0.3, -0.25) is 0 Å². The molecular weight excluding hydrogens is 308 g/mol. The second kappa shape index (κ2) is 7.25. The van der Waals surface area contributed by atoms with E-state index < -0.39 is 45.5 Å². The van der Waals surface area contributed by atoms with Crippen LogP contribution in [0.25, 0.3) is 0 Å². The number of hydrogen-bond acceptors (Lipinski definition) is 3. The Kier molecular flexibility index (Phi) is 7.02. The quantitative estimate of drug-likeness (QED) is 0.372. The van der Waals surface area contributed by atoms with Gasteiger partial charge in [0.05, 0.1) is 13.2 Å². The molecule has 0 aliphatic rings. The van der Waals surface area contributed by atoms with Gasteiger partial charge in [-0.05, 0) is 13.8 Å². The summed E-state index contributed by atoms with van der Waals surface area (Å²) in [6.45, 7) is 1.66. The molecule has 0 radical (unpaired) electrons. The lowest BCUT2D eigenvalue weighted by atomic mass is 10.6. The Morgan fingerprint density at radius 1 is 0.947 bits per heavy atom. The first-order valence-corrected chi connectivity index (χ1v) is 5.99. The van der Waals surface area contributed by atoms with Gasteiger partial charge in [0.1, 0.15) is 0 Å². The maximum Gasteiger partial charge on any atom is 0.475 e. The highest BCUT2D eigenvalue weighted by Gasteiger charge is 2.67. The van der Waals surface area contributed by atoms with Crippen LogP contribution in [0.4, 0.5) is 30.7 Å². The summed E-state index contributed by atoms with van der Waals surface area (Å²) in [5, 5.41) is 0. The normalized spacial score (nSPS) is 12.7. The molecule has 0 spiro atoms. The monoisotopic (exact) mass is 318 g/mol.